The van der Waals surface area contributed by atoms with Crippen LogP contribution < -0.4 is 10.6 Å². The maximum Gasteiger partial charge on any atom is 0.268 e. The van der Waals surface area contributed by atoms with Crippen LogP contribution in [0.4, 0.5) is 0 Å². The van der Waals surface area contributed by atoms with Crippen molar-refractivity contribution in [3.05, 3.63) is 23.0 Å². The third-order valence-corrected chi connectivity index (χ3v) is 3.21. The van der Waals surface area contributed by atoms with Gasteiger partial charge in [0.2, 0.25) is 0 Å². The number of aromatic nitrogens is 1. The Balaban J connectivity index is 2.12. The van der Waals surface area contributed by atoms with Crippen molar-refractivity contribution in [2.45, 2.75) is 32.4 Å². The predicted molar refractivity (Wildman–Crippen MR) is 68.6 cm³/mol. The van der Waals surface area contributed by atoms with E-state index in [0.717, 1.165) is 19.5 Å². The van der Waals surface area contributed by atoms with Crippen LogP contribution >= 0.6 is 11.6 Å². The van der Waals surface area contributed by atoms with E-state index in [0.29, 0.717) is 10.7 Å². The number of amides is 1. The van der Waals surface area contributed by atoms with Crippen LogP contribution in [0.15, 0.2) is 12.3 Å². The van der Waals surface area contributed by atoms with E-state index < -0.39 is 0 Å². The predicted octanol–water partition coefficient (Wildman–Crippen LogP) is 1.81. The van der Waals surface area contributed by atoms with Crippen LogP contribution in [0, 0.1) is 0 Å². The second kappa shape index (κ2) is 5.10. The van der Waals surface area contributed by atoms with Gasteiger partial charge in [-0.05, 0) is 32.9 Å². The lowest BCUT2D eigenvalue weighted by atomic mass is 10.2. The van der Waals surface area contributed by atoms with E-state index in [1.165, 1.54) is 0 Å². The van der Waals surface area contributed by atoms with Gasteiger partial charge in [-0.3, -0.25) is 4.79 Å². The van der Waals surface area contributed by atoms with Gasteiger partial charge < -0.3 is 15.2 Å². The molecule has 5 heteroatoms. The summed E-state index contributed by atoms with van der Waals surface area (Å²) in [7, 11) is 0. The molecular formula is C12H18ClN3O. The molecule has 1 aromatic rings. The molecule has 0 radical (unpaired) electrons. The van der Waals surface area contributed by atoms with Crippen molar-refractivity contribution in [3.63, 3.8) is 0 Å². The smallest absolute Gasteiger partial charge is 0.268 e. The van der Waals surface area contributed by atoms with E-state index in [4.69, 9.17) is 11.6 Å². The Morgan fingerprint density at radius 3 is 3.00 bits per heavy atom. The Morgan fingerprint density at radius 2 is 2.41 bits per heavy atom. The van der Waals surface area contributed by atoms with Crippen LogP contribution in [0.2, 0.25) is 5.02 Å². The Morgan fingerprint density at radius 1 is 1.65 bits per heavy atom. The summed E-state index contributed by atoms with van der Waals surface area (Å²) in [4.78, 5) is 12.1. The number of rotatable bonds is 3. The molecule has 94 valence electrons. The molecule has 1 atom stereocenters. The molecule has 1 amide bonds. The topological polar surface area (TPSA) is 46.1 Å². The minimum Gasteiger partial charge on any atom is -0.347 e. The van der Waals surface area contributed by atoms with Gasteiger partial charge in [-0.2, -0.15) is 0 Å². The summed E-state index contributed by atoms with van der Waals surface area (Å²) in [5, 5.41) is 6.85. The Kier molecular flexibility index (Phi) is 3.74. The molecule has 1 aliphatic rings. The molecule has 1 fully saturated rings. The molecule has 0 bridgehead atoms. The fraction of sp³-hybridized carbons (Fsp3) is 0.583. The van der Waals surface area contributed by atoms with Gasteiger partial charge in [0.1, 0.15) is 5.69 Å². The quantitative estimate of drug-likeness (QED) is 0.866. The third-order valence-electron chi connectivity index (χ3n) is 3.00. The lowest BCUT2D eigenvalue weighted by molar-refractivity contribution is 0.0929. The van der Waals surface area contributed by atoms with Crippen molar-refractivity contribution in [3.8, 4) is 0 Å². The minimum atomic E-state index is -0.0423. The SMILES string of the molecule is CC(C)n1cc(Cl)cc1C(=O)NC1CCNC1. The third kappa shape index (κ3) is 2.82. The van der Waals surface area contributed by atoms with Gasteiger partial charge in [0.15, 0.2) is 0 Å². The lowest BCUT2D eigenvalue weighted by Crippen LogP contribution is -2.37. The van der Waals surface area contributed by atoms with E-state index >= 15 is 0 Å². The number of hydrogen-bond donors (Lipinski definition) is 2. The van der Waals surface area contributed by atoms with E-state index in [2.05, 4.69) is 10.6 Å². The molecule has 1 aromatic heterocycles. The van der Waals surface area contributed by atoms with Crippen LogP contribution in [-0.4, -0.2) is 29.6 Å². The van der Waals surface area contributed by atoms with E-state index in [1.807, 2.05) is 18.4 Å². The van der Waals surface area contributed by atoms with Crippen LogP contribution in [0.1, 0.15) is 36.8 Å². The van der Waals surface area contributed by atoms with Gasteiger partial charge in [-0.15, -0.1) is 0 Å². The molecule has 0 saturated carbocycles. The van der Waals surface area contributed by atoms with Gasteiger partial charge in [-0.1, -0.05) is 11.6 Å². The summed E-state index contributed by atoms with van der Waals surface area (Å²) in [5.41, 5.74) is 0.636. The average molecular weight is 256 g/mol. The van der Waals surface area contributed by atoms with E-state index in [1.54, 1.807) is 12.3 Å². The molecule has 1 aliphatic heterocycles. The second-order valence-electron chi connectivity index (χ2n) is 4.71. The summed E-state index contributed by atoms with van der Waals surface area (Å²) in [6.45, 7) is 5.88. The highest BCUT2D eigenvalue weighted by Gasteiger charge is 2.20. The fourth-order valence-corrected chi connectivity index (χ4v) is 2.30. The van der Waals surface area contributed by atoms with Gasteiger partial charge in [0.05, 0.1) is 5.02 Å². The summed E-state index contributed by atoms with van der Waals surface area (Å²) < 4.78 is 1.90. The zero-order chi connectivity index (χ0) is 12.4. The van der Waals surface area contributed by atoms with Gasteiger partial charge in [-0.25, -0.2) is 0 Å². The number of carbonyl (C=O) groups is 1. The molecule has 0 spiro atoms. The molecule has 2 rings (SSSR count). The van der Waals surface area contributed by atoms with Crippen molar-refractivity contribution >= 4 is 17.5 Å². The average Bonchev–Trinajstić information content (AvgIpc) is 2.86. The largest absolute Gasteiger partial charge is 0.347 e. The van der Waals surface area contributed by atoms with E-state index in [-0.39, 0.29) is 18.0 Å². The Labute approximate surface area is 106 Å². The number of carbonyl (C=O) groups excluding carboxylic acids is 1. The highest BCUT2D eigenvalue weighted by molar-refractivity contribution is 6.31. The van der Waals surface area contributed by atoms with E-state index in [9.17, 15) is 4.79 Å². The molecule has 1 unspecified atom stereocenters. The molecule has 17 heavy (non-hydrogen) atoms. The molecule has 1 saturated heterocycles. The first-order chi connectivity index (χ1) is 8.08. The zero-order valence-electron chi connectivity index (χ0n) is 10.2. The highest BCUT2D eigenvalue weighted by atomic mass is 35.5. The number of nitrogens with one attached hydrogen (secondary N) is 2. The van der Waals surface area contributed by atoms with Crippen molar-refractivity contribution in [1.29, 1.82) is 0 Å². The molecule has 0 aliphatic carbocycles. The van der Waals surface area contributed by atoms with Crippen molar-refractivity contribution < 1.29 is 4.79 Å². The van der Waals surface area contributed by atoms with Crippen LogP contribution in [0.3, 0.4) is 0 Å². The molecule has 0 aromatic carbocycles. The van der Waals surface area contributed by atoms with Crippen molar-refractivity contribution in [1.82, 2.24) is 15.2 Å². The summed E-state index contributed by atoms with van der Waals surface area (Å²) >= 11 is 5.96. The van der Waals surface area contributed by atoms with Crippen molar-refractivity contribution in [2.24, 2.45) is 0 Å². The number of halogens is 1. The number of nitrogens with zero attached hydrogens (tertiary/aromatic N) is 1. The maximum atomic E-state index is 12.1. The van der Waals surface area contributed by atoms with Crippen molar-refractivity contribution in [2.75, 3.05) is 13.1 Å². The lowest BCUT2D eigenvalue weighted by Gasteiger charge is -2.15. The van der Waals surface area contributed by atoms with Gasteiger partial charge in [0, 0.05) is 24.8 Å². The minimum absolute atomic E-state index is 0.0423. The summed E-state index contributed by atoms with van der Waals surface area (Å²) in [6, 6.07) is 2.18. The Hall–Kier alpha value is -1.00. The van der Waals surface area contributed by atoms with Gasteiger partial charge in [0.25, 0.3) is 5.91 Å². The zero-order valence-corrected chi connectivity index (χ0v) is 10.9. The van der Waals surface area contributed by atoms with Crippen LogP contribution in [-0.2, 0) is 0 Å². The summed E-state index contributed by atoms with van der Waals surface area (Å²) in [6.07, 6.45) is 2.79. The maximum absolute atomic E-state index is 12.1. The summed E-state index contributed by atoms with van der Waals surface area (Å²) in [5.74, 6) is -0.0423. The molecule has 2 N–H and O–H groups in total. The first-order valence-electron chi connectivity index (χ1n) is 5.97. The fourth-order valence-electron chi connectivity index (χ4n) is 2.09. The first kappa shape index (κ1) is 12.5. The Bertz CT molecular complexity index is 408. The molecule has 2 heterocycles. The highest BCUT2D eigenvalue weighted by Crippen LogP contribution is 2.19. The molecular weight excluding hydrogens is 238 g/mol. The first-order valence-corrected chi connectivity index (χ1v) is 6.34. The van der Waals surface area contributed by atoms with Crippen LogP contribution in [0.25, 0.3) is 0 Å². The normalized spacial score (nSPS) is 19.9. The van der Waals surface area contributed by atoms with Crippen LogP contribution in [0.5, 0.6) is 0 Å². The second-order valence-corrected chi connectivity index (χ2v) is 5.14. The standard InChI is InChI=1S/C12H18ClN3O/c1-8(2)16-7-9(13)5-11(16)12(17)15-10-3-4-14-6-10/h5,7-8,10,14H,3-4,6H2,1-2H3,(H,15,17). The number of hydrogen-bond acceptors (Lipinski definition) is 2. The van der Waals surface area contributed by atoms with Gasteiger partial charge >= 0.3 is 0 Å². The molecule has 4 nitrogen and oxygen atoms in total. The monoisotopic (exact) mass is 255 g/mol.